The first kappa shape index (κ1) is 18.5. The van der Waals surface area contributed by atoms with Crippen molar-refractivity contribution in [2.45, 2.75) is 4.90 Å². The van der Waals surface area contributed by atoms with Crippen molar-refractivity contribution in [2.75, 3.05) is 11.1 Å². The van der Waals surface area contributed by atoms with E-state index in [9.17, 15) is 0 Å². The summed E-state index contributed by atoms with van der Waals surface area (Å²) < 4.78 is 0. The van der Waals surface area contributed by atoms with E-state index >= 15 is 0 Å². The van der Waals surface area contributed by atoms with Gasteiger partial charge < -0.3 is 11.1 Å². The molecule has 4 aromatic rings. The minimum absolute atomic E-state index is 0.822. The van der Waals surface area contributed by atoms with Crippen molar-refractivity contribution in [3.63, 3.8) is 0 Å². The molecule has 1 aromatic heterocycles. The number of nitrogens with zero attached hydrogens (tertiary/aromatic N) is 1. The molecule has 0 aliphatic carbocycles. The van der Waals surface area contributed by atoms with Crippen LogP contribution < -0.4 is 11.1 Å². The van der Waals surface area contributed by atoms with Crippen LogP contribution in [-0.4, -0.2) is 4.98 Å². The monoisotopic (exact) mass is 371 g/mol. The Kier molecular flexibility index (Phi) is 6.13. The average molecular weight is 372 g/mol. The second kappa shape index (κ2) is 8.92. The first-order valence-corrected chi connectivity index (χ1v) is 8.97. The Bertz CT molecular complexity index is 1050. The van der Waals surface area contributed by atoms with E-state index in [1.54, 1.807) is 6.20 Å². The van der Waals surface area contributed by atoms with Gasteiger partial charge in [0.2, 0.25) is 0 Å². The van der Waals surface area contributed by atoms with E-state index in [1.807, 2.05) is 78.9 Å². The highest BCUT2D eigenvalue weighted by atomic mass is 32.1. The molecule has 0 saturated carbocycles. The van der Waals surface area contributed by atoms with Crippen LogP contribution in [0.3, 0.4) is 0 Å². The van der Waals surface area contributed by atoms with Gasteiger partial charge in [-0.1, -0.05) is 49.0 Å². The lowest BCUT2D eigenvalue weighted by molar-refractivity contribution is 1.40. The van der Waals surface area contributed by atoms with Crippen molar-refractivity contribution in [3.8, 4) is 0 Å². The third kappa shape index (κ3) is 5.36. The van der Waals surface area contributed by atoms with Crippen molar-refractivity contribution in [1.82, 2.24) is 4.98 Å². The fourth-order valence-corrected chi connectivity index (χ4v) is 2.76. The van der Waals surface area contributed by atoms with Gasteiger partial charge in [0, 0.05) is 33.6 Å². The predicted molar refractivity (Wildman–Crippen MR) is 119 cm³/mol. The zero-order valence-corrected chi connectivity index (χ0v) is 15.7. The maximum atomic E-state index is 5.36. The number of nitrogen functional groups attached to an aromatic ring is 1. The number of nitrogens with two attached hydrogens (primary N) is 1. The summed E-state index contributed by atoms with van der Waals surface area (Å²) >= 11 is 4.33. The largest absolute Gasteiger partial charge is 0.399 e. The fraction of sp³-hybridized carbons (Fsp3) is 0. The molecular formula is C23H21N3S. The van der Waals surface area contributed by atoms with Crippen molar-refractivity contribution in [3.05, 3.63) is 103 Å². The topological polar surface area (TPSA) is 50.9 Å². The number of fused-ring (bicyclic) bond motifs is 1. The van der Waals surface area contributed by atoms with Crippen molar-refractivity contribution < 1.29 is 0 Å². The predicted octanol–water partition coefficient (Wildman–Crippen LogP) is 5.88. The van der Waals surface area contributed by atoms with Crippen molar-refractivity contribution >= 4 is 40.6 Å². The average Bonchev–Trinajstić information content (AvgIpc) is 2.69. The zero-order chi connectivity index (χ0) is 19.1. The molecule has 0 fully saturated rings. The van der Waals surface area contributed by atoms with Gasteiger partial charge in [-0.15, -0.1) is 12.6 Å². The van der Waals surface area contributed by atoms with Gasteiger partial charge in [-0.25, -0.2) is 0 Å². The first-order chi connectivity index (χ1) is 13.1. The number of rotatable bonds is 3. The fourth-order valence-electron chi connectivity index (χ4n) is 2.54. The molecule has 0 spiro atoms. The molecule has 27 heavy (non-hydrogen) atoms. The second-order valence-corrected chi connectivity index (χ2v) is 6.49. The minimum Gasteiger partial charge on any atom is -0.399 e. The zero-order valence-electron chi connectivity index (χ0n) is 14.8. The van der Waals surface area contributed by atoms with Crippen LogP contribution in [-0.2, 0) is 0 Å². The Morgan fingerprint density at radius 1 is 0.889 bits per heavy atom. The quantitative estimate of drug-likeness (QED) is 0.311. The molecule has 0 saturated heterocycles. The van der Waals surface area contributed by atoms with E-state index in [1.165, 1.54) is 0 Å². The molecule has 0 atom stereocenters. The van der Waals surface area contributed by atoms with Crippen LogP contribution in [0.1, 0.15) is 5.56 Å². The van der Waals surface area contributed by atoms with Gasteiger partial charge in [-0.2, -0.15) is 0 Å². The van der Waals surface area contributed by atoms with E-state index in [-0.39, 0.29) is 0 Å². The number of benzene rings is 3. The van der Waals surface area contributed by atoms with Crippen LogP contribution in [0.2, 0.25) is 0 Å². The van der Waals surface area contributed by atoms with Gasteiger partial charge in [-0.05, 0) is 48.0 Å². The summed E-state index contributed by atoms with van der Waals surface area (Å²) in [7, 11) is 0. The van der Waals surface area contributed by atoms with Crippen LogP contribution in [0, 0.1) is 0 Å². The number of hydrogen-bond donors (Lipinski definition) is 3. The summed E-state index contributed by atoms with van der Waals surface area (Å²) in [6.07, 6.45) is 1.80. The number of nitrogens with one attached hydrogen (secondary N) is 1. The van der Waals surface area contributed by atoms with Crippen molar-refractivity contribution in [2.24, 2.45) is 0 Å². The van der Waals surface area contributed by atoms with Gasteiger partial charge in [0.25, 0.3) is 0 Å². The standard InChI is InChI=1S/C17H14N2S.C6H7N/c1-12(19-15-5-2-6-16(20)11-15)14-8-7-13-4-3-9-18-17(13)10-14;7-6-4-2-1-3-5-6/h2-11,19-20H,1H2;1-5H,7H2. The van der Waals surface area contributed by atoms with E-state index in [4.69, 9.17) is 5.73 Å². The van der Waals surface area contributed by atoms with E-state index in [0.717, 1.165) is 38.4 Å². The van der Waals surface area contributed by atoms with Gasteiger partial charge in [0.1, 0.15) is 0 Å². The van der Waals surface area contributed by atoms with Crippen LogP contribution >= 0.6 is 12.6 Å². The molecule has 0 radical (unpaired) electrons. The molecular weight excluding hydrogens is 350 g/mol. The maximum Gasteiger partial charge on any atom is 0.0708 e. The molecule has 134 valence electrons. The number of hydrogen-bond acceptors (Lipinski definition) is 4. The summed E-state index contributed by atoms with van der Waals surface area (Å²) in [6.45, 7) is 4.09. The highest BCUT2D eigenvalue weighted by Crippen LogP contribution is 2.22. The Balaban J connectivity index is 0.000000253. The number of anilines is 2. The van der Waals surface area contributed by atoms with Crippen LogP contribution in [0.15, 0.2) is 103 Å². The summed E-state index contributed by atoms with van der Waals surface area (Å²) in [5.74, 6) is 0. The molecule has 0 bridgehead atoms. The Labute approximate surface area is 165 Å². The smallest absolute Gasteiger partial charge is 0.0708 e. The Hall–Kier alpha value is -3.24. The van der Waals surface area contributed by atoms with Crippen LogP contribution in [0.4, 0.5) is 11.4 Å². The normalized spacial score (nSPS) is 9.96. The lowest BCUT2D eigenvalue weighted by atomic mass is 10.1. The minimum atomic E-state index is 0.822. The molecule has 4 rings (SSSR count). The highest BCUT2D eigenvalue weighted by Gasteiger charge is 2.02. The summed E-state index contributed by atoms with van der Waals surface area (Å²) in [4.78, 5) is 5.28. The van der Waals surface area contributed by atoms with Gasteiger partial charge in [0.15, 0.2) is 0 Å². The molecule has 0 aliphatic rings. The third-order valence-corrected chi connectivity index (χ3v) is 4.17. The second-order valence-electron chi connectivity index (χ2n) is 5.98. The molecule has 1 heterocycles. The lowest BCUT2D eigenvalue weighted by Gasteiger charge is -2.11. The van der Waals surface area contributed by atoms with E-state index in [0.29, 0.717) is 0 Å². The Morgan fingerprint density at radius 3 is 2.41 bits per heavy atom. The molecule has 0 aliphatic heterocycles. The van der Waals surface area contributed by atoms with Crippen molar-refractivity contribution in [1.29, 1.82) is 0 Å². The van der Waals surface area contributed by atoms with Gasteiger partial charge >= 0.3 is 0 Å². The molecule has 0 unspecified atom stereocenters. The van der Waals surface area contributed by atoms with Crippen LogP contribution in [0.5, 0.6) is 0 Å². The highest BCUT2D eigenvalue weighted by molar-refractivity contribution is 7.80. The van der Waals surface area contributed by atoms with Gasteiger partial charge in [0.05, 0.1) is 5.52 Å². The maximum absolute atomic E-state index is 5.36. The molecule has 0 amide bonds. The summed E-state index contributed by atoms with van der Waals surface area (Å²) in [5.41, 5.74) is 10.00. The third-order valence-electron chi connectivity index (χ3n) is 3.90. The SMILES string of the molecule is C=C(Nc1cccc(S)c1)c1ccc2cccnc2c1.Nc1ccccc1. The first-order valence-electron chi connectivity index (χ1n) is 8.52. The molecule has 3 N–H and O–H groups in total. The Morgan fingerprint density at radius 2 is 1.70 bits per heavy atom. The lowest BCUT2D eigenvalue weighted by Crippen LogP contribution is -1.97. The number of thiol groups is 1. The molecule has 3 nitrogen and oxygen atoms in total. The van der Waals surface area contributed by atoms with E-state index < -0.39 is 0 Å². The number of aromatic nitrogens is 1. The molecule has 4 heteroatoms. The summed E-state index contributed by atoms with van der Waals surface area (Å²) in [6, 6.07) is 27.5. The van der Waals surface area contributed by atoms with Gasteiger partial charge in [-0.3, -0.25) is 4.98 Å². The summed E-state index contributed by atoms with van der Waals surface area (Å²) in [5, 5.41) is 4.42. The number of pyridine rings is 1. The number of para-hydroxylation sites is 1. The van der Waals surface area contributed by atoms with Crippen LogP contribution in [0.25, 0.3) is 16.6 Å². The molecule has 3 aromatic carbocycles. The van der Waals surface area contributed by atoms with E-state index in [2.05, 4.69) is 35.6 Å².